The van der Waals surface area contributed by atoms with Gasteiger partial charge in [0, 0.05) is 4.88 Å². The minimum atomic E-state index is -0.850. The van der Waals surface area contributed by atoms with Gasteiger partial charge in [-0.15, -0.1) is 11.3 Å². The highest BCUT2D eigenvalue weighted by molar-refractivity contribution is 7.98. The van der Waals surface area contributed by atoms with Crippen molar-refractivity contribution < 1.29 is 9.90 Å². The quantitative estimate of drug-likeness (QED) is 0.819. The van der Waals surface area contributed by atoms with Crippen molar-refractivity contribution in [2.75, 3.05) is 17.3 Å². The second-order valence-electron chi connectivity index (χ2n) is 4.32. The van der Waals surface area contributed by atoms with E-state index in [0.717, 1.165) is 22.4 Å². The van der Waals surface area contributed by atoms with Crippen molar-refractivity contribution in [3.05, 3.63) is 17.3 Å². The molecule has 1 atom stereocenters. The number of hydrogen-bond donors (Lipinski definition) is 2. The van der Waals surface area contributed by atoms with Crippen molar-refractivity contribution >= 4 is 45.1 Å². The summed E-state index contributed by atoms with van der Waals surface area (Å²) in [6.45, 7) is 2.09. The van der Waals surface area contributed by atoms with Crippen LogP contribution in [0.5, 0.6) is 0 Å². The number of aryl methyl sites for hydroxylation is 1. The minimum Gasteiger partial charge on any atom is -0.480 e. The molecule has 0 fully saturated rings. The Bertz CT molecular complexity index is 600. The van der Waals surface area contributed by atoms with Gasteiger partial charge in [0.2, 0.25) is 0 Å². The number of carboxylic acids is 1. The van der Waals surface area contributed by atoms with Gasteiger partial charge in [-0.2, -0.15) is 11.8 Å². The first kappa shape index (κ1) is 15.1. The highest BCUT2D eigenvalue weighted by Gasteiger charge is 2.19. The third kappa shape index (κ3) is 3.40. The van der Waals surface area contributed by atoms with Gasteiger partial charge in [0.25, 0.3) is 0 Å². The zero-order chi connectivity index (χ0) is 14.5. The Morgan fingerprint density at radius 3 is 3.00 bits per heavy atom. The second kappa shape index (κ2) is 6.90. The summed E-state index contributed by atoms with van der Waals surface area (Å²) in [6, 6.07) is 1.42. The standard InChI is InChI=1S/C13H17N3O2S2/c1-3-8-6-9-11(14-7-15-12(9)20-8)16-10(13(17)18)4-5-19-2/h6-7,10H,3-5H2,1-2H3,(H,17,18)(H,14,15,16)/t10-/m1/s1. The Labute approximate surface area is 125 Å². The Morgan fingerprint density at radius 1 is 1.55 bits per heavy atom. The van der Waals surface area contributed by atoms with E-state index >= 15 is 0 Å². The fraction of sp³-hybridized carbons (Fsp3) is 0.462. The summed E-state index contributed by atoms with van der Waals surface area (Å²) in [4.78, 5) is 21.9. The largest absolute Gasteiger partial charge is 0.480 e. The van der Waals surface area contributed by atoms with Crippen molar-refractivity contribution in [2.24, 2.45) is 0 Å². The van der Waals surface area contributed by atoms with E-state index in [1.807, 2.05) is 12.3 Å². The maximum atomic E-state index is 11.3. The van der Waals surface area contributed by atoms with Crippen LogP contribution in [-0.2, 0) is 11.2 Å². The molecule has 2 rings (SSSR count). The number of aliphatic carboxylic acids is 1. The summed E-state index contributed by atoms with van der Waals surface area (Å²) in [5, 5.41) is 13.2. The predicted octanol–water partition coefficient (Wildman–Crippen LogP) is 2.87. The highest BCUT2D eigenvalue weighted by atomic mass is 32.2. The molecule has 7 heteroatoms. The number of thioether (sulfide) groups is 1. The number of aromatic nitrogens is 2. The molecule has 0 aromatic carbocycles. The first-order valence-electron chi connectivity index (χ1n) is 6.37. The van der Waals surface area contributed by atoms with Gasteiger partial charge in [0.1, 0.15) is 23.0 Å². The van der Waals surface area contributed by atoms with E-state index in [4.69, 9.17) is 0 Å². The van der Waals surface area contributed by atoms with Gasteiger partial charge in [0.15, 0.2) is 0 Å². The maximum Gasteiger partial charge on any atom is 0.326 e. The minimum absolute atomic E-state index is 0.562. The van der Waals surface area contributed by atoms with Crippen LogP contribution in [0.2, 0.25) is 0 Å². The van der Waals surface area contributed by atoms with Gasteiger partial charge in [-0.05, 0) is 30.9 Å². The molecule has 0 spiro atoms. The predicted molar refractivity (Wildman–Crippen MR) is 84.8 cm³/mol. The molecule has 20 heavy (non-hydrogen) atoms. The smallest absolute Gasteiger partial charge is 0.326 e. The molecule has 0 saturated carbocycles. The maximum absolute atomic E-state index is 11.3. The number of rotatable bonds is 7. The average Bonchev–Trinajstić information content (AvgIpc) is 2.87. The van der Waals surface area contributed by atoms with E-state index in [1.165, 1.54) is 11.2 Å². The topological polar surface area (TPSA) is 75.1 Å². The van der Waals surface area contributed by atoms with Crippen LogP contribution in [-0.4, -0.2) is 39.1 Å². The van der Waals surface area contributed by atoms with Crippen LogP contribution in [0.4, 0.5) is 5.82 Å². The molecule has 5 nitrogen and oxygen atoms in total. The van der Waals surface area contributed by atoms with Crippen molar-refractivity contribution in [3.8, 4) is 0 Å². The third-order valence-corrected chi connectivity index (χ3v) is 4.78. The molecular formula is C13H17N3O2S2. The zero-order valence-corrected chi connectivity index (χ0v) is 13.1. The lowest BCUT2D eigenvalue weighted by Crippen LogP contribution is -2.30. The number of carboxylic acid groups (broad SMARTS) is 1. The molecule has 0 aliphatic rings. The molecule has 108 valence electrons. The Kier molecular flexibility index (Phi) is 5.19. The van der Waals surface area contributed by atoms with Crippen LogP contribution in [0.25, 0.3) is 10.2 Å². The zero-order valence-electron chi connectivity index (χ0n) is 11.4. The summed E-state index contributed by atoms with van der Waals surface area (Å²) in [5.41, 5.74) is 0. The average molecular weight is 311 g/mol. The highest BCUT2D eigenvalue weighted by Crippen LogP contribution is 2.28. The lowest BCUT2D eigenvalue weighted by molar-refractivity contribution is -0.137. The molecule has 0 aliphatic carbocycles. The van der Waals surface area contributed by atoms with Gasteiger partial charge in [-0.3, -0.25) is 0 Å². The lowest BCUT2D eigenvalue weighted by atomic mass is 10.2. The van der Waals surface area contributed by atoms with Crippen LogP contribution in [0.1, 0.15) is 18.2 Å². The number of fused-ring (bicyclic) bond motifs is 1. The Hall–Kier alpha value is -1.34. The summed E-state index contributed by atoms with van der Waals surface area (Å²) in [6.07, 6.45) is 4.95. The van der Waals surface area contributed by atoms with E-state index in [2.05, 4.69) is 22.2 Å². The third-order valence-electron chi connectivity index (χ3n) is 2.95. The molecule has 2 heterocycles. The number of nitrogens with zero attached hydrogens (tertiary/aromatic N) is 2. The van der Waals surface area contributed by atoms with E-state index in [1.54, 1.807) is 23.1 Å². The number of carbonyl (C=O) groups is 1. The van der Waals surface area contributed by atoms with Gasteiger partial charge >= 0.3 is 5.97 Å². The first-order valence-corrected chi connectivity index (χ1v) is 8.58. The van der Waals surface area contributed by atoms with Crippen molar-refractivity contribution in [1.29, 1.82) is 0 Å². The Morgan fingerprint density at radius 2 is 2.35 bits per heavy atom. The van der Waals surface area contributed by atoms with Gasteiger partial charge in [-0.25, -0.2) is 14.8 Å². The second-order valence-corrected chi connectivity index (χ2v) is 6.42. The van der Waals surface area contributed by atoms with E-state index < -0.39 is 12.0 Å². The lowest BCUT2D eigenvalue weighted by Gasteiger charge is -2.14. The SMILES string of the molecule is CCc1cc2c(N[C@H](CCSC)C(=O)O)ncnc2s1. The van der Waals surface area contributed by atoms with Gasteiger partial charge in [-0.1, -0.05) is 6.92 Å². The van der Waals surface area contributed by atoms with Crippen molar-refractivity contribution in [3.63, 3.8) is 0 Å². The van der Waals surface area contributed by atoms with Crippen LogP contribution in [0.3, 0.4) is 0 Å². The molecule has 0 saturated heterocycles. The molecule has 0 bridgehead atoms. The summed E-state index contributed by atoms with van der Waals surface area (Å²) >= 11 is 3.26. The molecule has 0 aliphatic heterocycles. The molecule has 2 aromatic rings. The van der Waals surface area contributed by atoms with E-state index in [9.17, 15) is 9.90 Å². The molecule has 0 radical (unpaired) electrons. The number of thiophene rings is 1. The van der Waals surface area contributed by atoms with Crippen LogP contribution in [0, 0.1) is 0 Å². The first-order chi connectivity index (χ1) is 9.65. The van der Waals surface area contributed by atoms with Crippen LogP contribution in [0.15, 0.2) is 12.4 Å². The monoisotopic (exact) mass is 311 g/mol. The summed E-state index contributed by atoms with van der Waals surface area (Å²) in [5.74, 6) is 0.554. The molecule has 0 amide bonds. The molecular weight excluding hydrogens is 294 g/mol. The Balaban J connectivity index is 2.26. The van der Waals surface area contributed by atoms with Crippen molar-refractivity contribution in [1.82, 2.24) is 9.97 Å². The fourth-order valence-corrected chi connectivity index (χ4v) is 3.26. The number of anilines is 1. The van der Waals surface area contributed by atoms with Crippen molar-refractivity contribution in [2.45, 2.75) is 25.8 Å². The van der Waals surface area contributed by atoms with Gasteiger partial charge in [0.05, 0.1) is 5.39 Å². The van der Waals surface area contributed by atoms with Crippen LogP contribution < -0.4 is 5.32 Å². The molecule has 2 aromatic heterocycles. The molecule has 2 N–H and O–H groups in total. The fourth-order valence-electron chi connectivity index (χ4n) is 1.85. The normalized spacial score (nSPS) is 12.5. The number of hydrogen-bond acceptors (Lipinski definition) is 6. The summed E-state index contributed by atoms with van der Waals surface area (Å²) in [7, 11) is 0. The van der Waals surface area contributed by atoms with E-state index in [0.29, 0.717) is 12.2 Å². The van der Waals surface area contributed by atoms with Gasteiger partial charge < -0.3 is 10.4 Å². The van der Waals surface area contributed by atoms with E-state index in [-0.39, 0.29) is 0 Å². The summed E-state index contributed by atoms with van der Waals surface area (Å²) < 4.78 is 0. The van der Waals surface area contributed by atoms with Crippen LogP contribution >= 0.6 is 23.1 Å². The number of nitrogens with one attached hydrogen (secondary N) is 1. The molecule has 0 unspecified atom stereocenters.